The van der Waals surface area contributed by atoms with Crippen LogP contribution in [0, 0.1) is 0 Å². The summed E-state index contributed by atoms with van der Waals surface area (Å²) < 4.78 is 31.0. The Hall–Kier alpha value is -12.1. The van der Waals surface area contributed by atoms with Gasteiger partial charge in [-0.15, -0.1) is 0 Å². The average molecular weight is 2020 g/mol. The molecule has 8 aliphatic rings. The minimum atomic E-state index is -0.964. The van der Waals surface area contributed by atoms with Crippen LogP contribution in [0.3, 0.4) is 0 Å². The normalized spacial score (nSPS) is 14.2. The maximum absolute atomic E-state index is 12.3. The topological polar surface area (TPSA) is 591 Å². The fourth-order valence-electron chi connectivity index (χ4n) is 15.0. The van der Waals surface area contributed by atoms with Crippen molar-refractivity contribution in [2.24, 2.45) is 4.99 Å². The van der Waals surface area contributed by atoms with Gasteiger partial charge in [0.2, 0.25) is 6.08 Å². The predicted octanol–water partition coefficient (Wildman–Crippen LogP) is 4.92. The van der Waals surface area contributed by atoms with Crippen molar-refractivity contribution in [1.29, 1.82) is 0 Å². The third kappa shape index (κ3) is 36.1. The van der Waals surface area contributed by atoms with Gasteiger partial charge in [-0.2, -0.15) is 40.7 Å². The number of isocyanates is 1. The number of hydrogen-bond donors (Lipinski definition) is 18. The molecule has 142 heavy (non-hydrogen) atoms. The van der Waals surface area contributed by atoms with E-state index in [9.17, 15) is 48.9 Å². The van der Waals surface area contributed by atoms with E-state index in [0.29, 0.717) is 127 Å². The Morgan fingerprint density at radius 3 is 1.20 bits per heavy atom. The summed E-state index contributed by atoms with van der Waals surface area (Å²) in [5.74, 6) is -0.234. The van der Waals surface area contributed by atoms with Crippen molar-refractivity contribution in [3.63, 3.8) is 0 Å². The van der Waals surface area contributed by atoms with Crippen LogP contribution >= 0.6 is 23.2 Å². The van der Waals surface area contributed by atoms with E-state index in [-0.39, 0.29) is 127 Å². The number of para-hydroxylation sites is 2. The predicted molar refractivity (Wildman–Crippen MR) is 524 cm³/mol. The van der Waals surface area contributed by atoms with Crippen LogP contribution in [-0.2, 0) is 164 Å². The number of carbonyl (C=O) groups is 6. The van der Waals surface area contributed by atoms with E-state index >= 15 is 0 Å². The summed E-state index contributed by atoms with van der Waals surface area (Å²) >= 11 is 11.5. The molecule has 11 aromatic rings. The second-order valence-electron chi connectivity index (χ2n) is 34.3. The number of urea groups is 1. The monoisotopic (exact) mass is 2020 g/mol. The molecule has 0 saturated carbocycles. The number of benzene rings is 4. The van der Waals surface area contributed by atoms with Gasteiger partial charge in [-0.1, -0.05) is 71.7 Å². The number of amides is 5. The number of fused-ring (bicyclic) bond motifs is 7. The van der Waals surface area contributed by atoms with Crippen LogP contribution in [0.25, 0.3) is 0 Å². The van der Waals surface area contributed by atoms with Gasteiger partial charge < -0.3 is 106 Å². The van der Waals surface area contributed by atoms with Crippen LogP contribution < -0.4 is 49.6 Å². The van der Waals surface area contributed by atoms with Gasteiger partial charge in [0, 0.05) is 225 Å². The van der Waals surface area contributed by atoms with E-state index in [1.54, 1.807) is 99.3 Å². The minimum Gasteiger partial charge on any atom is -1.00 e. The van der Waals surface area contributed by atoms with Crippen LogP contribution in [-0.4, -0.2) is 276 Å². The molecule has 762 valence electrons. The molecule has 0 aliphatic carbocycles. The third-order valence-corrected chi connectivity index (χ3v) is 22.5. The number of carboxylic acid groups (broad SMARTS) is 1. The van der Waals surface area contributed by atoms with Gasteiger partial charge in [0.25, 0.3) is 5.91 Å². The summed E-state index contributed by atoms with van der Waals surface area (Å²) in [6.45, 7) is 24.0. The SMILES string of the molecule is C1CCOC1.CC(C)(C)OC(=O)N1CCc2[nH]nc(CO)c2C1.CCOC(=O)c1n[nH]c2c1CN(C(=O)OC(C)(C)C)CC2.O=C(COc1ccccc1)N1CCc2[nH]nc(CO)c2C1.O=C(Nc1cccc(Cl)c1)N1CCc2[nH]nc(CO)c2C1.O=C(O)COc1ccccc1.O=C=Nc1cccc(Cl)c1.OCc1n[nH]c2c1CNCC2.OCc1n[nH]c2c1CNCC2.OCc1n[nH]c2c1CNCC2.[AlH3].[H-].[Li+]. The molecule has 47 heteroatoms. The molecule has 7 aromatic heterocycles. The quantitative estimate of drug-likeness (QED) is 0.0201. The molecule has 5 amide bonds. The zero-order valence-corrected chi connectivity index (χ0v) is 82.0. The zero-order valence-electron chi connectivity index (χ0n) is 81.5. The molecule has 0 radical (unpaired) electrons. The number of carboxylic acids is 1. The van der Waals surface area contributed by atoms with E-state index in [1.807, 2.05) is 77.9 Å². The number of hydrogen-bond acceptors (Lipinski definition) is 30. The number of aliphatic imine (C=N–C) groups is 1. The van der Waals surface area contributed by atoms with Gasteiger partial charge in [0.05, 0.1) is 106 Å². The first-order valence-corrected chi connectivity index (χ1v) is 46.6. The van der Waals surface area contributed by atoms with Gasteiger partial charge in [-0.3, -0.25) is 40.5 Å². The molecule has 0 unspecified atom stereocenters. The number of H-pyrrole nitrogens is 7. The summed E-state index contributed by atoms with van der Waals surface area (Å²) in [6, 6.07) is 31.7. The summed E-state index contributed by atoms with van der Waals surface area (Å²) in [6.07, 6.45) is 8.99. The number of aliphatic carboxylic acids is 1. The number of nitrogens with zero attached hydrogens (tertiary/aromatic N) is 12. The average Bonchev–Trinajstić information content (AvgIpc) is 1.67. The number of esters is 1. The Bertz CT molecular complexity index is 5610. The van der Waals surface area contributed by atoms with Crippen molar-refractivity contribution in [3.8, 4) is 11.5 Å². The number of aliphatic hydroxyl groups excluding tert-OH is 6. The van der Waals surface area contributed by atoms with Crippen molar-refractivity contribution in [1.82, 2.24) is 107 Å². The number of aromatic amines is 7. The number of carbonyl (C=O) groups excluding carboxylic acids is 6. The van der Waals surface area contributed by atoms with Crippen molar-refractivity contribution < 1.29 is 118 Å². The van der Waals surface area contributed by atoms with Gasteiger partial charge in [-0.05, 0) is 122 Å². The minimum absolute atomic E-state index is 0. The molecule has 4 aromatic carbocycles. The molecular formula is C95H129AlCl2LiN23O20. The number of aliphatic hydroxyl groups is 6. The summed E-state index contributed by atoms with van der Waals surface area (Å²) in [5, 5.41) is 125. The largest absolute Gasteiger partial charge is 1.00 e. The first kappa shape index (κ1) is 115. The molecule has 43 nitrogen and oxygen atoms in total. The van der Waals surface area contributed by atoms with Crippen molar-refractivity contribution >= 4 is 94.1 Å². The van der Waals surface area contributed by atoms with E-state index in [1.165, 1.54) is 36.0 Å². The summed E-state index contributed by atoms with van der Waals surface area (Å²) in [4.78, 5) is 90.2. The first-order valence-electron chi connectivity index (χ1n) is 45.9. The van der Waals surface area contributed by atoms with Crippen LogP contribution in [0.5, 0.6) is 11.5 Å². The number of aromatic nitrogens is 14. The molecule has 1 fully saturated rings. The summed E-state index contributed by atoms with van der Waals surface area (Å²) in [7, 11) is 0. The maximum Gasteiger partial charge on any atom is 1.00 e. The second kappa shape index (κ2) is 59.1. The number of rotatable bonds is 16. The first-order chi connectivity index (χ1) is 67.5. The molecule has 1 saturated heterocycles. The third-order valence-electron chi connectivity index (χ3n) is 22.1. The fraction of sp³-hybridized carbons (Fsp3) is 0.453. The Morgan fingerprint density at radius 2 is 0.824 bits per heavy atom. The maximum atomic E-state index is 12.3. The molecule has 8 aliphatic heterocycles. The fourth-order valence-corrected chi connectivity index (χ4v) is 15.4. The number of ether oxygens (including phenoxy) is 6. The van der Waals surface area contributed by atoms with Gasteiger partial charge in [0.15, 0.2) is 36.3 Å². The molecule has 19 rings (SSSR count). The molecule has 0 atom stereocenters. The Labute approximate surface area is 855 Å². The van der Waals surface area contributed by atoms with Gasteiger partial charge in [-0.25, -0.2) is 28.8 Å². The van der Waals surface area contributed by atoms with Crippen LogP contribution in [0.1, 0.15) is 186 Å². The molecular weight excluding hydrogens is 1890 g/mol. The van der Waals surface area contributed by atoms with Gasteiger partial charge >= 0.3 is 49.0 Å². The standard InChI is InChI=1S/C15H17N3O3.C14H15ClN4O2.C14H21N3O4.C12H19N3O3.C8H8O3.C7H4ClNO.3C7H11N3O.C4H8O.Al.Li.4H/c19-9-14-12-8-18(7-6-13(12)16-17-14)15(20)10-21-11-4-2-1-3-5-11;15-9-2-1-3-10(6-9)16-14(21)19-5-4-12-11(7-19)13(8-20)18-17-12;1-5-20-12(18)11-9-8-17(7-6-10(9)15-16-11)13(19)21-14(2,3)4;1-12(2,3)18-11(17)15-5-4-9-8(6-15)10(7-16)14-13-9;9-8(10)6-11-7-4-2-1-3-5-7;8-6-2-1-3-7(4-6)9-5-10;3*11-4-7-5-3-8-2-1-6(5)9-10-7;1-2-4-5-3-1;;;;;;/h1-5,19H,6-10H2,(H,16,17);1-3,6,20H,4-5,7-8H2,(H,16,21)(H,17,18);5-8H2,1-4H3,(H,15,16);16H,4-7H2,1-3H3,(H,13,14);1-5H,6H2,(H,9,10);1-4H;3*8,11H,1-4H2,(H,9,10);1-4H2;;;;;;/q;;;;;;;;;;;+1;;;;-1. The van der Waals surface area contributed by atoms with E-state index in [2.05, 4.69) is 97.6 Å². The zero-order chi connectivity index (χ0) is 101. The molecule has 0 spiro atoms. The van der Waals surface area contributed by atoms with Crippen molar-refractivity contribution in [2.75, 3.05) is 84.2 Å². The number of halogens is 2. The molecule has 15 heterocycles. The van der Waals surface area contributed by atoms with Crippen LogP contribution in [0.4, 0.5) is 25.8 Å². The summed E-state index contributed by atoms with van der Waals surface area (Å²) in [5.41, 5.74) is 18.9. The Kier molecular flexibility index (Phi) is 47.9. The molecule has 0 bridgehead atoms. The van der Waals surface area contributed by atoms with Gasteiger partial charge in [0.1, 0.15) is 22.7 Å². The van der Waals surface area contributed by atoms with Crippen molar-refractivity contribution in [2.45, 2.75) is 203 Å². The van der Waals surface area contributed by atoms with Crippen LogP contribution in [0.15, 0.2) is 114 Å². The number of anilines is 1. The second-order valence-corrected chi connectivity index (χ2v) is 35.2. The number of nitrogens with one attached hydrogen (secondary N) is 11. The van der Waals surface area contributed by atoms with E-state index in [0.717, 1.165) is 151 Å². The van der Waals surface area contributed by atoms with Crippen molar-refractivity contribution in [3.05, 3.63) is 238 Å². The van der Waals surface area contributed by atoms with E-state index in [4.69, 9.17) is 72.0 Å². The van der Waals surface area contributed by atoms with Crippen LogP contribution in [0.2, 0.25) is 10.0 Å². The smallest absolute Gasteiger partial charge is 1.00 e. The Balaban J connectivity index is 0.000000219. The molecule has 18 N–H and O–H groups in total. The van der Waals surface area contributed by atoms with E-state index < -0.39 is 23.1 Å². The Morgan fingerprint density at radius 1 is 0.465 bits per heavy atom.